The Labute approximate surface area is 213 Å². The van der Waals surface area contributed by atoms with Gasteiger partial charge >= 0.3 is 5.97 Å². The van der Waals surface area contributed by atoms with Gasteiger partial charge in [-0.05, 0) is 30.0 Å². The van der Waals surface area contributed by atoms with Crippen LogP contribution in [0.25, 0.3) is 0 Å². The second kappa shape index (κ2) is 14.4. The van der Waals surface area contributed by atoms with Crippen LogP contribution in [-0.4, -0.2) is 69.9 Å². The minimum atomic E-state index is -1.54. The summed E-state index contributed by atoms with van der Waals surface area (Å²) in [5.74, 6) is -5.95. The van der Waals surface area contributed by atoms with Gasteiger partial charge in [0.05, 0.1) is 18.9 Å². The molecule has 1 rings (SSSR count). The normalized spacial score (nSPS) is 14.1. The molecule has 5 amide bonds. The van der Waals surface area contributed by atoms with Gasteiger partial charge in [-0.25, -0.2) is 4.79 Å². The molecule has 0 heterocycles. The van der Waals surface area contributed by atoms with Gasteiger partial charge in [0.25, 0.3) is 0 Å². The summed E-state index contributed by atoms with van der Waals surface area (Å²) < 4.78 is 0. The highest BCUT2D eigenvalue weighted by molar-refractivity contribution is 5.96. The zero-order chi connectivity index (χ0) is 28.3. The van der Waals surface area contributed by atoms with Crippen molar-refractivity contribution < 1.29 is 39.0 Å². The Morgan fingerprint density at radius 2 is 1.27 bits per heavy atom. The smallest absolute Gasteiger partial charge is 0.326 e. The number of carboxylic acids is 1. The molecule has 0 radical (unpaired) electrons. The molecule has 14 heteroatoms. The standard InChI is InChI=1S/C23H34N6O8/c1-11(2)7-17(23(36)37)29-22(35)16(10-19(26)32)28-21(34)15(8-12-3-5-13(30)6-4-12)27-20(33)14(24)9-18(25)31/h3-6,11,14-17,30H,7-10,24H2,1-2H3,(H2,25,31)(H2,26,32)(H,27,33)(H,28,34)(H,29,35)(H,36,37). The van der Waals surface area contributed by atoms with Crippen LogP contribution in [0.3, 0.4) is 0 Å². The van der Waals surface area contributed by atoms with Crippen molar-refractivity contribution >= 4 is 35.5 Å². The van der Waals surface area contributed by atoms with Gasteiger partial charge in [-0.1, -0.05) is 26.0 Å². The quantitative estimate of drug-likeness (QED) is 0.122. The van der Waals surface area contributed by atoms with Gasteiger partial charge in [0.2, 0.25) is 29.5 Å². The SMILES string of the molecule is CC(C)CC(NC(=O)C(CC(N)=O)NC(=O)C(Cc1ccc(O)cc1)NC(=O)C(N)CC(N)=O)C(=O)O. The summed E-state index contributed by atoms with van der Waals surface area (Å²) in [7, 11) is 0. The van der Waals surface area contributed by atoms with Crippen molar-refractivity contribution in [3.8, 4) is 5.75 Å². The van der Waals surface area contributed by atoms with E-state index < -0.39 is 72.5 Å². The van der Waals surface area contributed by atoms with E-state index in [9.17, 15) is 39.0 Å². The van der Waals surface area contributed by atoms with Crippen molar-refractivity contribution in [2.45, 2.75) is 63.7 Å². The Hall–Kier alpha value is -4.20. The van der Waals surface area contributed by atoms with Crippen LogP contribution in [0, 0.1) is 5.92 Å². The van der Waals surface area contributed by atoms with Crippen molar-refractivity contribution in [3.63, 3.8) is 0 Å². The number of phenolic OH excluding ortho intramolecular Hbond substituents is 1. The van der Waals surface area contributed by atoms with Crippen LogP contribution >= 0.6 is 0 Å². The van der Waals surface area contributed by atoms with Crippen LogP contribution in [0.4, 0.5) is 0 Å². The van der Waals surface area contributed by atoms with Crippen LogP contribution in [-0.2, 0) is 35.2 Å². The molecule has 11 N–H and O–H groups in total. The second-order valence-electron chi connectivity index (χ2n) is 8.97. The van der Waals surface area contributed by atoms with E-state index in [-0.39, 0.29) is 24.5 Å². The van der Waals surface area contributed by atoms with Crippen LogP contribution in [0.15, 0.2) is 24.3 Å². The van der Waals surface area contributed by atoms with E-state index in [1.165, 1.54) is 24.3 Å². The molecule has 0 aromatic heterocycles. The van der Waals surface area contributed by atoms with Crippen molar-refractivity contribution in [1.29, 1.82) is 0 Å². The lowest BCUT2D eigenvalue weighted by Crippen LogP contribution is -2.58. The number of hydrogen-bond donors (Lipinski definition) is 8. The number of aromatic hydroxyl groups is 1. The van der Waals surface area contributed by atoms with E-state index in [1.807, 2.05) is 0 Å². The molecule has 1 aromatic rings. The third-order valence-electron chi connectivity index (χ3n) is 5.13. The Kier molecular flexibility index (Phi) is 12.0. The fraction of sp³-hybridized carbons (Fsp3) is 0.478. The Morgan fingerprint density at radius 1 is 0.784 bits per heavy atom. The highest BCUT2D eigenvalue weighted by Gasteiger charge is 2.31. The number of nitrogens with two attached hydrogens (primary N) is 3. The van der Waals surface area contributed by atoms with Crippen molar-refractivity contribution in [1.82, 2.24) is 16.0 Å². The number of carboxylic acid groups (broad SMARTS) is 1. The first kappa shape index (κ1) is 30.8. The number of phenols is 1. The molecule has 0 saturated heterocycles. The lowest BCUT2D eigenvalue weighted by Gasteiger charge is -2.25. The molecule has 0 fully saturated rings. The monoisotopic (exact) mass is 522 g/mol. The first-order valence-corrected chi connectivity index (χ1v) is 11.4. The summed E-state index contributed by atoms with van der Waals surface area (Å²) in [5, 5.41) is 25.9. The third kappa shape index (κ3) is 11.4. The van der Waals surface area contributed by atoms with Gasteiger partial charge < -0.3 is 43.4 Å². The molecule has 1 aromatic carbocycles. The molecule has 4 atom stereocenters. The summed E-state index contributed by atoms with van der Waals surface area (Å²) in [6.45, 7) is 3.51. The number of benzene rings is 1. The van der Waals surface area contributed by atoms with E-state index in [4.69, 9.17) is 17.2 Å². The van der Waals surface area contributed by atoms with Crippen molar-refractivity contribution in [2.75, 3.05) is 0 Å². The number of aliphatic carboxylic acids is 1. The molecule has 204 valence electrons. The topological polar surface area (TPSA) is 257 Å². The zero-order valence-corrected chi connectivity index (χ0v) is 20.6. The van der Waals surface area contributed by atoms with Crippen molar-refractivity contribution in [2.24, 2.45) is 23.1 Å². The zero-order valence-electron chi connectivity index (χ0n) is 20.6. The van der Waals surface area contributed by atoms with Gasteiger partial charge in [0.1, 0.15) is 23.9 Å². The lowest BCUT2D eigenvalue weighted by molar-refractivity contribution is -0.143. The molecule has 37 heavy (non-hydrogen) atoms. The van der Waals surface area contributed by atoms with E-state index >= 15 is 0 Å². The predicted octanol–water partition coefficient (Wildman–Crippen LogP) is -2.40. The van der Waals surface area contributed by atoms with E-state index in [2.05, 4.69) is 16.0 Å². The number of primary amides is 2. The summed E-state index contributed by atoms with van der Waals surface area (Å²) in [6, 6.07) is 0.167. The largest absolute Gasteiger partial charge is 0.508 e. The van der Waals surface area contributed by atoms with Crippen LogP contribution in [0.5, 0.6) is 5.75 Å². The maximum atomic E-state index is 13.1. The fourth-order valence-corrected chi connectivity index (χ4v) is 3.31. The van der Waals surface area contributed by atoms with Gasteiger partial charge in [0, 0.05) is 6.42 Å². The summed E-state index contributed by atoms with van der Waals surface area (Å²) in [4.78, 5) is 72.6. The van der Waals surface area contributed by atoms with Crippen LogP contribution < -0.4 is 33.2 Å². The highest BCUT2D eigenvalue weighted by Crippen LogP contribution is 2.12. The molecule has 0 saturated carbocycles. The average molecular weight is 523 g/mol. The number of nitrogens with one attached hydrogen (secondary N) is 3. The Bertz CT molecular complexity index is 997. The van der Waals surface area contributed by atoms with Gasteiger partial charge in [-0.15, -0.1) is 0 Å². The summed E-state index contributed by atoms with van der Waals surface area (Å²) in [6.07, 6.45) is -1.17. The average Bonchev–Trinajstić information content (AvgIpc) is 2.77. The lowest BCUT2D eigenvalue weighted by atomic mass is 10.0. The van der Waals surface area contributed by atoms with Gasteiger partial charge in [0.15, 0.2) is 0 Å². The molecule has 0 spiro atoms. The third-order valence-corrected chi connectivity index (χ3v) is 5.13. The molecular formula is C23H34N6O8. The van der Waals surface area contributed by atoms with Crippen LogP contribution in [0.1, 0.15) is 38.7 Å². The molecule has 0 aliphatic carbocycles. The number of carbonyl (C=O) groups excluding carboxylic acids is 5. The maximum absolute atomic E-state index is 13.1. The van der Waals surface area contributed by atoms with Gasteiger partial charge in [-0.3, -0.25) is 24.0 Å². The molecule has 14 nitrogen and oxygen atoms in total. The number of amides is 5. The Morgan fingerprint density at radius 3 is 1.76 bits per heavy atom. The minimum absolute atomic E-state index is 0.0372. The number of hydrogen-bond acceptors (Lipinski definition) is 8. The van der Waals surface area contributed by atoms with E-state index in [1.54, 1.807) is 13.8 Å². The predicted molar refractivity (Wildman–Crippen MR) is 130 cm³/mol. The first-order valence-electron chi connectivity index (χ1n) is 11.4. The highest BCUT2D eigenvalue weighted by atomic mass is 16.4. The molecule has 0 aliphatic heterocycles. The number of carbonyl (C=O) groups is 6. The minimum Gasteiger partial charge on any atom is -0.508 e. The first-order chi connectivity index (χ1) is 17.2. The molecule has 0 bridgehead atoms. The molecule has 4 unspecified atom stereocenters. The fourth-order valence-electron chi connectivity index (χ4n) is 3.31. The molecular weight excluding hydrogens is 488 g/mol. The Balaban J connectivity index is 3.16. The summed E-state index contributed by atoms with van der Waals surface area (Å²) >= 11 is 0. The van der Waals surface area contributed by atoms with Crippen molar-refractivity contribution in [3.05, 3.63) is 29.8 Å². The molecule has 0 aliphatic rings. The second-order valence-corrected chi connectivity index (χ2v) is 8.97. The van der Waals surface area contributed by atoms with E-state index in [0.717, 1.165) is 0 Å². The van der Waals surface area contributed by atoms with Crippen LogP contribution in [0.2, 0.25) is 0 Å². The summed E-state index contributed by atoms with van der Waals surface area (Å²) in [5.41, 5.74) is 16.4. The van der Waals surface area contributed by atoms with E-state index in [0.29, 0.717) is 5.56 Å². The maximum Gasteiger partial charge on any atom is 0.326 e. The van der Waals surface area contributed by atoms with Gasteiger partial charge in [-0.2, -0.15) is 0 Å². The number of rotatable bonds is 15.